The van der Waals surface area contributed by atoms with Gasteiger partial charge in [0.1, 0.15) is 4.34 Å². The molecule has 0 radical (unpaired) electrons. The molecule has 1 aromatic heterocycles. The molecule has 0 amide bonds. The predicted molar refractivity (Wildman–Crippen MR) is 61.9 cm³/mol. The van der Waals surface area contributed by atoms with Gasteiger partial charge in [-0.2, -0.15) is 0 Å². The Bertz CT molecular complexity index is 382. The molecule has 0 bridgehead atoms. The highest BCUT2D eigenvalue weighted by molar-refractivity contribution is 7.16. The van der Waals surface area contributed by atoms with E-state index in [0.29, 0.717) is 5.92 Å². The monoisotopic (exact) mass is 225 g/mol. The molecular weight excluding hydrogens is 214 g/mol. The van der Waals surface area contributed by atoms with E-state index in [-0.39, 0.29) is 0 Å². The minimum atomic E-state index is 0.524. The first kappa shape index (κ1) is 10.0. The van der Waals surface area contributed by atoms with Gasteiger partial charge < -0.3 is 5.32 Å². The molecule has 0 atom stereocenters. The molecule has 1 N–H and O–H groups in total. The van der Waals surface area contributed by atoms with Gasteiger partial charge in [-0.05, 0) is 12.5 Å². The van der Waals surface area contributed by atoms with Crippen LogP contribution < -0.4 is 5.32 Å². The van der Waals surface area contributed by atoms with E-state index >= 15 is 0 Å². The zero-order valence-electron chi connectivity index (χ0n) is 8.06. The lowest BCUT2D eigenvalue weighted by Crippen LogP contribution is -2.40. The number of rotatable bonds is 1. The number of aryl methyl sites for hydroxylation is 1. The van der Waals surface area contributed by atoms with Crippen LogP contribution in [0.1, 0.15) is 17.4 Å². The highest BCUT2D eigenvalue weighted by atomic mass is 35.5. The molecule has 3 heteroatoms. The van der Waals surface area contributed by atoms with Gasteiger partial charge in [0.2, 0.25) is 0 Å². The van der Waals surface area contributed by atoms with E-state index in [0.717, 1.165) is 29.4 Å². The van der Waals surface area contributed by atoms with Crippen LogP contribution in [0.15, 0.2) is 6.07 Å². The third-order valence-electron chi connectivity index (χ3n) is 2.28. The van der Waals surface area contributed by atoms with Crippen LogP contribution in [-0.4, -0.2) is 13.1 Å². The quantitative estimate of drug-likeness (QED) is 0.725. The number of thiophene rings is 1. The molecule has 1 fully saturated rings. The molecule has 2 rings (SSSR count). The summed E-state index contributed by atoms with van der Waals surface area (Å²) >= 11 is 7.71. The highest BCUT2D eigenvalue weighted by Gasteiger charge is 2.13. The second-order valence-electron chi connectivity index (χ2n) is 3.38. The van der Waals surface area contributed by atoms with Crippen LogP contribution in [0, 0.1) is 17.8 Å². The average molecular weight is 226 g/mol. The van der Waals surface area contributed by atoms with Crippen molar-refractivity contribution < 1.29 is 0 Å². The third kappa shape index (κ3) is 2.12. The van der Waals surface area contributed by atoms with Crippen molar-refractivity contribution in [2.45, 2.75) is 13.3 Å². The Balaban J connectivity index is 2.13. The van der Waals surface area contributed by atoms with Crippen molar-refractivity contribution >= 4 is 22.9 Å². The summed E-state index contributed by atoms with van der Waals surface area (Å²) in [4.78, 5) is 1.31. The zero-order chi connectivity index (χ0) is 9.97. The molecule has 0 saturated carbocycles. The maximum Gasteiger partial charge on any atom is 0.109 e. The van der Waals surface area contributed by atoms with Gasteiger partial charge in [0.05, 0.1) is 5.56 Å². The Morgan fingerprint density at radius 1 is 1.64 bits per heavy atom. The molecule has 74 valence electrons. The lowest BCUT2D eigenvalue weighted by molar-refractivity contribution is 0.432. The van der Waals surface area contributed by atoms with E-state index in [2.05, 4.69) is 30.1 Å². The van der Waals surface area contributed by atoms with Crippen LogP contribution in [0.25, 0.3) is 0 Å². The highest BCUT2D eigenvalue weighted by Crippen LogP contribution is 2.27. The zero-order valence-corrected chi connectivity index (χ0v) is 9.63. The van der Waals surface area contributed by atoms with Crippen LogP contribution >= 0.6 is 22.9 Å². The van der Waals surface area contributed by atoms with Gasteiger partial charge in [-0.25, -0.2) is 0 Å². The van der Waals surface area contributed by atoms with Crippen LogP contribution in [-0.2, 0) is 6.42 Å². The van der Waals surface area contributed by atoms with Crippen LogP contribution in [0.2, 0.25) is 4.34 Å². The predicted octanol–water partition coefficient (Wildman–Crippen LogP) is 2.53. The number of hydrogen-bond acceptors (Lipinski definition) is 2. The molecule has 1 aromatic rings. The van der Waals surface area contributed by atoms with E-state index < -0.39 is 0 Å². The maximum absolute atomic E-state index is 6.07. The van der Waals surface area contributed by atoms with E-state index in [4.69, 9.17) is 11.6 Å². The van der Waals surface area contributed by atoms with Gasteiger partial charge in [-0.1, -0.05) is 30.4 Å². The molecule has 0 spiro atoms. The lowest BCUT2D eigenvalue weighted by Gasteiger charge is -2.21. The Labute approximate surface area is 93.5 Å². The molecule has 0 aromatic carbocycles. The third-order valence-corrected chi connectivity index (χ3v) is 3.78. The van der Waals surface area contributed by atoms with Gasteiger partial charge in [-0.15, -0.1) is 11.3 Å². The molecular formula is C11H12ClNS. The molecule has 1 saturated heterocycles. The molecule has 1 nitrogen and oxygen atoms in total. The van der Waals surface area contributed by atoms with Crippen molar-refractivity contribution in [2.75, 3.05) is 13.1 Å². The summed E-state index contributed by atoms with van der Waals surface area (Å²) in [5.74, 6) is 6.91. The summed E-state index contributed by atoms with van der Waals surface area (Å²) in [6, 6.07) is 2.10. The summed E-state index contributed by atoms with van der Waals surface area (Å²) in [6.45, 7) is 4.18. The fraction of sp³-hybridized carbons (Fsp3) is 0.455. The Hall–Kier alpha value is -0.490. The van der Waals surface area contributed by atoms with Gasteiger partial charge in [-0.3, -0.25) is 0 Å². The minimum absolute atomic E-state index is 0.524. The molecule has 2 heterocycles. The lowest BCUT2D eigenvalue weighted by atomic mass is 10.0. The second kappa shape index (κ2) is 4.35. The first-order valence-electron chi connectivity index (χ1n) is 4.80. The Morgan fingerprint density at radius 2 is 2.43 bits per heavy atom. The van der Waals surface area contributed by atoms with E-state index in [1.54, 1.807) is 11.3 Å². The topological polar surface area (TPSA) is 12.0 Å². The SMILES string of the molecule is CCc1cc(C#CC2CNC2)c(Cl)s1. The first-order chi connectivity index (χ1) is 6.79. The first-order valence-corrected chi connectivity index (χ1v) is 5.99. The van der Waals surface area contributed by atoms with Gasteiger partial charge >= 0.3 is 0 Å². The van der Waals surface area contributed by atoms with Gasteiger partial charge in [0, 0.05) is 23.9 Å². The molecule has 0 unspecified atom stereocenters. The van der Waals surface area contributed by atoms with Crippen molar-refractivity contribution in [2.24, 2.45) is 5.92 Å². The van der Waals surface area contributed by atoms with E-state index in [1.165, 1.54) is 4.88 Å². The van der Waals surface area contributed by atoms with Crippen molar-refractivity contribution in [3.8, 4) is 11.8 Å². The smallest absolute Gasteiger partial charge is 0.109 e. The molecule has 0 aliphatic carbocycles. The van der Waals surface area contributed by atoms with Gasteiger partial charge in [0.15, 0.2) is 0 Å². The fourth-order valence-corrected chi connectivity index (χ4v) is 2.42. The minimum Gasteiger partial charge on any atom is -0.314 e. The molecule has 14 heavy (non-hydrogen) atoms. The maximum atomic E-state index is 6.07. The molecule has 1 aliphatic heterocycles. The second-order valence-corrected chi connectivity index (χ2v) is 5.12. The summed E-state index contributed by atoms with van der Waals surface area (Å²) in [7, 11) is 0. The largest absolute Gasteiger partial charge is 0.314 e. The number of hydrogen-bond donors (Lipinski definition) is 1. The normalized spacial score (nSPS) is 15.9. The van der Waals surface area contributed by atoms with Crippen LogP contribution in [0.3, 0.4) is 0 Å². The van der Waals surface area contributed by atoms with Crippen LogP contribution in [0.5, 0.6) is 0 Å². The number of nitrogens with one attached hydrogen (secondary N) is 1. The average Bonchev–Trinajstić information content (AvgIpc) is 2.45. The van der Waals surface area contributed by atoms with Crippen molar-refractivity contribution in [3.05, 3.63) is 20.8 Å². The van der Waals surface area contributed by atoms with Crippen LogP contribution in [0.4, 0.5) is 0 Å². The summed E-state index contributed by atoms with van der Waals surface area (Å²) < 4.78 is 0.835. The number of halogens is 1. The standard InChI is InChI=1S/C11H12ClNS/c1-2-10-5-9(11(12)14-10)4-3-8-6-13-7-8/h5,8,13H,2,6-7H2,1H3. The summed E-state index contributed by atoms with van der Waals surface area (Å²) in [6.07, 6.45) is 1.04. The van der Waals surface area contributed by atoms with Crippen molar-refractivity contribution in [1.29, 1.82) is 0 Å². The summed E-state index contributed by atoms with van der Waals surface area (Å²) in [5.41, 5.74) is 1.00. The van der Waals surface area contributed by atoms with E-state index in [9.17, 15) is 0 Å². The Kier molecular flexibility index (Phi) is 3.12. The van der Waals surface area contributed by atoms with E-state index in [1.807, 2.05) is 0 Å². The fourth-order valence-electron chi connectivity index (χ4n) is 1.25. The van der Waals surface area contributed by atoms with Crippen molar-refractivity contribution in [1.82, 2.24) is 5.32 Å². The Morgan fingerprint density at radius 3 is 2.93 bits per heavy atom. The van der Waals surface area contributed by atoms with Gasteiger partial charge in [0.25, 0.3) is 0 Å². The summed E-state index contributed by atoms with van der Waals surface area (Å²) in [5, 5.41) is 3.20. The van der Waals surface area contributed by atoms with Crippen molar-refractivity contribution in [3.63, 3.8) is 0 Å². The molecule has 1 aliphatic rings.